The number of amides is 2. The number of pyridine rings is 1. The molecule has 1 fully saturated rings. The van der Waals surface area contributed by atoms with Gasteiger partial charge in [-0.3, -0.25) is 9.59 Å². The lowest BCUT2D eigenvalue weighted by Crippen LogP contribution is -2.50. The first-order valence-corrected chi connectivity index (χ1v) is 12.0. The molecular formula is C22H28N4O5S. The molecule has 0 atom stereocenters. The molecule has 1 N–H and O–H groups in total. The molecule has 3 rings (SSSR count). The third kappa shape index (κ3) is 6.27. The van der Waals surface area contributed by atoms with Crippen LogP contribution in [0.4, 0.5) is 0 Å². The molecule has 1 aliphatic heterocycles. The van der Waals surface area contributed by atoms with Gasteiger partial charge in [-0.1, -0.05) is 18.2 Å². The summed E-state index contributed by atoms with van der Waals surface area (Å²) in [6, 6.07) is 11.8. The quantitative estimate of drug-likeness (QED) is 0.606. The second-order valence-electron chi connectivity index (χ2n) is 7.31. The largest absolute Gasteiger partial charge is 0.478 e. The third-order valence-electron chi connectivity index (χ3n) is 5.12. The smallest absolute Gasteiger partial charge is 0.243 e. The van der Waals surface area contributed by atoms with Crippen LogP contribution in [0.3, 0.4) is 0 Å². The van der Waals surface area contributed by atoms with E-state index >= 15 is 0 Å². The lowest BCUT2D eigenvalue weighted by Gasteiger charge is -2.34. The first-order chi connectivity index (χ1) is 15.4. The van der Waals surface area contributed by atoms with E-state index in [1.165, 1.54) is 4.31 Å². The second-order valence-corrected chi connectivity index (χ2v) is 9.25. The highest BCUT2D eigenvalue weighted by Gasteiger charge is 2.29. The fourth-order valence-electron chi connectivity index (χ4n) is 3.37. The van der Waals surface area contributed by atoms with Gasteiger partial charge in [0.1, 0.15) is 0 Å². The predicted molar refractivity (Wildman–Crippen MR) is 118 cm³/mol. The second kappa shape index (κ2) is 11.1. The molecule has 2 amide bonds. The number of nitrogens with zero attached hydrogens (tertiary/aromatic N) is 3. The monoisotopic (exact) mass is 460 g/mol. The van der Waals surface area contributed by atoms with Crippen molar-refractivity contribution in [3.05, 3.63) is 54.2 Å². The molecule has 0 bridgehead atoms. The van der Waals surface area contributed by atoms with Crippen LogP contribution in [-0.2, 0) is 26.2 Å². The number of hydrogen-bond acceptors (Lipinski definition) is 6. The van der Waals surface area contributed by atoms with Crippen LogP contribution in [0.1, 0.15) is 25.3 Å². The number of carbonyl (C=O) groups excluding carboxylic acids is 2. The highest BCUT2D eigenvalue weighted by molar-refractivity contribution is 7.89. The molecule has 172 valence electrons. The van der Waals surface area contributed by atoms with Gasteiger partial charge in [0.25, 0.3) is 0 Å². The Labute approximate surface area is 188 Å². The fourth-order valence-corrected chi connectivity index (χ4v) is 4.82. The van der Waals surface area contributed by atoms with Crippen molar-refractivity contribution in [3.8, 4) is 5.88 Å². The van der Waals surface area contributed by atoms with E-state index in [1.807, 2.05) is 6.92 Å². The minimum Gasteiger partial charge on any atom is -0.478 e. The molecular weight excluding hydrogens is 432 g/mol. The van der Waals surface area contributed by atoms with Crippen molar-refractivity contribution in [1.29, 1.82) is 0 Å². The number of hydrogen-bond donors (Lipinski definition) is 1. The van der Waals surface area contributed by atoms with E-state index in [9.17, 15) is 18.0 Å². The van der Waals surface area contributed by atoms with Crippen LogP contribution in [0.25, 0.3) is 0 Å². The topological polar surface area (TPSA) is 109 Å². The molecule has 9 nitrogen and oxygen atoms in total. The summed E-state index contributed by atoms with van der Waals surface area (Å²) in [5.74, 6) is 0.126. The molecule has 2 heterocycles. The Morgan fingerprint density at radius 2 is 1.78 bits per heavy atom. The number of ether oxygens (including phenoxy) is 1. The third-order valence-corrected chi connectivity index (χ3v) is 7.03. The van der Waals surface area contributed by atoms with E-state index in [2.05, 4.69) is 10.3 Å². The molecule has 0 unspecified atom stereocenters. The Bertz CT molecular complexity index is 1020. The Morgan fingerprint density at radius 3 is 2.47 bits per heavy atom. The molecule has 10 heteroatoms. The molecule has 0 spiro atoms. The molecule has 1 aliphatic rings. The summed E-state index contributed by atoms with van der Waals surface area (Å²) in [5.41, 5.74) is 0.860. The van der Waals surface area contributed by atoms with Crippen molar-refractivity contribution < 1.29 is 22.7 Å². The Balaban J connectivity index is 1.41. The molecule has 0 saturated carbocycles. The van der Waals surface area contributed by atoms with E-state index in [1.54, 1.807) is 53.6 Å². The summed E-state index contributed by atoms with van der Waals surface area (Å²) in [7, 11) is -3.56. The molecule has 2 aromatic rings. The first kappa shape index (κ1) is 23.7. The van der Waals surface area contributed by atoms with Crippen LogP contribution >= 0.6 is 0 Å². The van der Waals surface area contributed by atoms with Gasteiger partial charge in [-0.25, -0.2) is 13.4 Å². The highest BCUT2D eigenvalue weighted by Crippen LogP contribution is 2.17. The van der Waals surface area contributed by atoms with Crippen molar-refractivity contribution in [3.63, 3.8) is 0 Å². The van der Waals surface area contributed by atoms with Crippen LogP contribution in [0.2, 0.25) is 0 Å². The summed E-state index contributed by atoms with van der Waals surface area (Å²) in [6.45, 7) is 3.80. The van der Waals surface area contributed by atoms with Gasteiger partial charge < -0.3 is 15.0 Å². The van der Waals surface area contributed by atoms with E-state index in [-0.39, 0.29) is 42.6 Å². The van der Waals surface area contributed by atoms with Crippen molar-refractivity contribution in [1.82, 2.24) is 19.5 Å². The Hall–Kier alpha value is -2.98. The SMILES string of the molecule is CCOc1cc(CNC(=O)CCC(=O)N2CCN(S(=O)(=O)c3ccccc3)CC2)ccn1. The minimum absolute atomic E-state index is 0.0742. The van der Waals surface area contributed by atoms with Crippen molar-refractivity contribution in [2.75, 3.05) is 32.8 Å². The Kier molecular flexibility index (Phi) is 8.18. The van der Waals surface area contributed by atoms with Crippen LogP contribution in [0.15, 0.2) is 53.6 Å². The lowest BCUT2D eigenvalue weighted by atomic mass is 10.2. The van der Waals surface area contributed by atoms with E-state index in [0.29, 0.717) is 32.1 Å². The number of nitrogens with one attached hydrogen (secondary N) is 1. The summed E-state index contributed by atoms with van der Waals surface area (Å²) >= 11 is 0. The van der Waals surface area contributed by atoms with Gasteiger partial charge in [-0.15, -0.1) is 0 Å². The summed E-state index contributed by atoms with van der Waals surface area (Å²) in [5, 5.41) is 2.79. The molecule has 1 aromatic carbocycles. The zero-order valence-corrected chi connectivity index (χ0v) is 18.9. The molecule has 0 aliphatic carbocycles. The highest BCUT2D eigenvalue weighted by atomic mass is 32.2. The van der Waals surface area contributed by atoms with E-state index in [4.69, 9.17) is 4.74 Å². The van der Waals surface area contributed by atoms with E-state index < -0.39 is 10.0 Å². The van der Waals surface area contributed by atoms with Gasteiger partial charge in [-0.05, 0) is 30.7 Å². The fraction of sp³-hybridized carbons (Fsp3) is 0.409. The van der Waals surface area contributed by atoms with Crippen molar-refractivity contribution in [2.24, 2.45) is 0 Å². The molecule has 0 radical (unpaired) electrons. The number of aromatic nitrogens is 1. The summed E-state index contributed by atoms with van der Waals surface area (Å²) in [6.07, 6.45) is 1.77. The normalized spacial score (nSPS) is 14.7. The number of sulfonamides is 1. The average Bonchev–Trinajstić information content (AvgIpc) is 2.82. The maximum atomic E-state index is 12.7. The lowest BCUT2D eigenvalue weighted by molar-refractivity contribution is -0.134. The zero-order valence-electron chi connectivity index (χ0n) is 18.1. The van der Waals surface area contributed by atoms with Crippen LogP contribution in [-0.4, -0.2) is 67.2 Å². The molecule has 1 saturated heterocycles. The maximum Gasteiger partial charge on any atom is 0.243 e. The van der Waals surface area contributed by atoms with Gasteiger partial charge in [0, 0.05) is 57.8 Å². The number of rotatable bonds is 9. The number of piperazine rings is 1. The average molecular weight is 461 g/mol. The van der Waals surface area contributed by atoms with Gasteiger partial charge in [0.2, 0.25) is 27.7 Å². The van der Waals surface area contributed by atoms with Crippen LogP contribution < -0.4 is 10.1 Å². The molecule has 32 heavy (non-hydrogen) atoms. The van der Waals surface area contributed by atoms with Crippen LogP contribution in [0.5, 0.6) is 5.88 Å². The van der Waals surface area contributed by atoms with Crippen molar-refractivity contribution in [2.45, 2.75) is 31.2 Å². The standard InChI is InChI=1S/C22H28N4O5S/c1-2-31-21-16-18(10-11-23-21)17-24-20(27)8-9-22(28)25-12-14-26(15-13-25)32(29,30)19-6-4-3-5-7-19/h3-7,10-11,16H,2,8-9,12-15,17H2,1H3,(H,24,27). The number of carbonyl (C=O) groups is 2. The maximum absolute atomic E-state index is 12.7. The first-order valence-electron chi connectivity index (χ1n) is 10.6. The van der Waals surface area contributed by atoms with Gasteiger partial charge >= 0.3 is 0 Å². The predicted octanol–water partition coefficient (Wildman–Crippen LogP) is 1.41. The number of benzene rings is 1. The van der Waals surface area contributed by atoms with E-state index in [0.717, 1.165) is 5.56 Å². The van der Waals surface area contributed by atoms with Gasteiger partial charge in [0.15, 0.2) is 0 Å². The Morgan fingerprint density at radius 1 is 1.06 bits per heavy atom. The van der Waals surface area contributed by atoms with Crippen LogP contribution in [0, 0.1) is 0 Å². The van der Waals surface area contributed by atoms with Gasteiger partial charge in [-0.2, -0.15) is 4.31 Å². The van der Waals surface area contributed by atoms with Crippen molar-refractivity contribution >= 4 is 21.8 Å². The summed E-state index contributed by atoms with van der Waals surface area (Å²) < 4.78 is 32.1. The van der Waals surface area contributed by atoms with Gasteiger partial charge in [0.05, 0.1) is 11.5 Å². The molecule has 1 aromatic heterocycles. The minimum atomic E-state index is -3.56. The summed E-state index contributed by atoms with van der Waals surface area (Å²) in [4.78, 5) is 30.6. The zero-order chi connectivity index (χ0) is 23.0.